The molecule has 5 heteroatoms. The van der Waals surface area contributed by atoms with Crippen LogP contribution in [0.15, 0.2) is 18.2 Å². The number of benzene rings is 1. The van der Waals surface area contributed by atoms with Crippen LogP contribution < -0.4 is 10.5 Å². The molecule has 0 bridgehead atoms. The number of carbonyl (C=O) groups is 1. The van der Waals surface area contributed by atoms with Gasteiger partial charge in [-0.2, -0.15) is 0 Å². The highest BCUT2D eigenvalue weighted by atomic mass is 19.1. The third-order valence-corrected chi connectivity index (χ3v) is 1.62. The molecule has 0 aliphatic carbocycles. The van der Waals surface area contributed by atoms with Gasteiger partial charge in [0.15, 0.2) is 0 Å². The van der Waals surface area contributed by atoms with Crippen LogP contribution in [-0.2, 0) is 4.74 Å². The normalized spacial score (nSPS) is 9.57. The Morgan fingerprint density at radius 1 is 1.57 bits per heavy atom. The van der Waals surface area contributed by atoms with Crippen molar-refractivity contribution in [1.29, 1.82) is 0 Å². The number of nitrogens with two attached hydrogens (primary N) is 1. The Balaban J connectivity index is 3.08. The maximum atomic E-state index is 11.9. The molecule has 0 aliphatic heterocycles. The fraction of sp³-hybridized carbons (Fsp3) is 0.222. The van der Waals surface area contributed by atoms with Crippen LogP contribution in [0.4, 0.5) is 10.1 Å². The molecule has 0 unspecified atom stereocenters. The quantitative estimate of drug-likeness (QED) is 0.589. The molecule has 0 aliphatic rings. The minimum absolute atomic E-state index is 0.116. The molecular weight excluding hydrogens is 189 g/mol. The summed E-state index contributed by atoms with van der Waals surface area (Å²) >= 11 is 0. The lowest BCUT2D eigenvalue weighted by Gasteiger charge is -2.07. The number of hydrogen-bond donors (Lipinski definition) is 1. The van der Waals surface area contributed by atoms with E-state index in [4.69, 9.17) is 5.73 Å². The van der Waals surface area contributed by atoms with Crippen LogP contribution in [0.3, 0.4) is 0 Å². The van der Waals surface area contributed by atoms with Crippen LogP contribution in [0.5, 0.6) is 5.75 Å². The average Bonchev–Trinajstić information content (AvgIpc) is 2.20. The molecule has 0 spiro atoms. The first-order valence-corrected chi connectivity index (χ1v) is 3.85. The Kier molecular flexibility index (Phi) is 3.28. The van der Waals surface area contributed by atoms with Gasteiger partial charge in [0.05, 0.1) is 7.11 Å². The van der Waals surface area contributed by atoms with Crippen LogP contribution >= 0.6 is 0 Å². The van der Waals surface area contributed by atoms with Gasteiger partial charge < -0.3 is 15.2 Å². The van der Waals surface area contributed by atoms with E-state index in [1.165, 1.54) is 25.3 Å². The fourth-order valence-electron chi connectivity index (χ4n) is 1.00. The van der Waals surface area contributed by atoms with Gasteiger partial charge in [0, 0.05) is 5.69 Å². The summed E-state index contributed by atoms with van der Waals surface area (Å²) in [5, 5.41) is 0. The van der Waals surface area contributed by atoms with E-state index in [1.807, 2.05) is 0 Å². The van der Waals surface area contributed by atoms with Crippen molar-refractivity contribution in [2.45, 2.75) is 0 Å². The Morgan fingerprint density at radius 2 is 2.29 bits per heavy atom. The summed E-state index contributed by atoms with van der Waals surface area (Å²) in [5.74, 6) is -0.491. The highest BCUT2D eigenvalue weighted by molar-refractivity contribution is 5.93. The van der Waals surface area contributed by atoms with Gasteiger partial charge in [0.25, 0.3) is 0 Å². The van der Waals surface area contributed by atoms with E-state index in [0.29, 0.717) is 5.69 Å². The molecule has 0 heterocycles. The number of anilines is 1. The van der Waals surface area contributed by atoms with Crippen molar-refractivity contribution in [1.82, 2.24) is 0 Å². The van der Waals surface area contributed by atoms with Crippen LogP contribution in [-0.4, -0.2) is 19.9 Å². The summed E-state index contributed by atoms with van der Waals surface area (Å²) in [6.45, 7) is -1.01. The summed E-state index contributed by atoms with van der Waals surface area (Å²) in [6.07, 6.45) is 0. The predicted molar refractivity (Wildman–Crippen MR) is 48.8 cm³/mol. The van der Waals surface area contributed by atoms with Crippen molar-refractivity contribution < 1.29 is 18.7 Å². The summed E-state index contributed by atoms with van der Waals surface area (Å²) in [5.41, 5.74) is 5.96. The van der Waals surface area contributed by atoms with Crippen molar-refractivity contribution in [2.75, 3.05) is 19.7 Å². The van der Waals surface area contributed by atoms with Crippen LogP contribution in [0.2, 0.25) is 0 Å². The van der Waals surface area contributed by atoms with Gasteiger partial charge in [-0.3, -0.25) is 0 Å². The van der Waals surface area contributed by atoms with Crippen LogP contribution in [0, 0.1) is 0 Å². The number of hydrogen-bond acceptors (Lipinski definition) is 4. The third-order valence-electron chi connectivity index (χ3n) is 1.62. The summed E-state index contributed by atoms with van der Waals surface area (Å²) in [6, 6.07) is 4.30. The van der Waals surface area contributed by atoms with Crippen molar-refractivity contribution >= 4 is 11.7 Å². The van der Waals surface area contributed by atoms with Crippen LogP contribution in [0.1, 0.15) is 10.4 Å². The Labute approximate surface area is 80.4 Å². The standard InChI is InChI=1S/C9H10FNO3/c1-13-9(12)7-4-6(11)2-3-8(7)14-5-10/h2-4H,5,11H2,1H3. The Bertz CT molecular complexity index is 341. The van der Waals surface area contributed by atoms with Gasteiger partial charge in [-0.05, 0) is 18.2 Å². The number of nitrogen functional groups attached to an aromatic ring is 1. The molecule has 2 N–H and O–H groups in total. The molecule has 1 aromatic carbocycles. The molecule has 4 nitrogen and oxygen atoms in total. The van der Waals surface area contributed by atoms with Gasteiger partial charge in [-0.15, -0.1) is 0 Å². The lowest BCUT2D eigenvalue weighted by Crippen LogP contribution is -2.06. The van der Waals surface area contributed by atoms with E-state index in [-0.39, 0.29) is 11.3 Å². The van der Waals surface area contributed by atoms with E-state index in [2.05, 4.69) is 9.47 Å². The number of alkyl halides is 1. The molecule has 0 radical (unpaired) electrons. The van der Waals surface area contributed by atoms with Crippen molar-refractivity contribution in [3.05, 3.63) is 23.8 Å². The largest absolute Gasteiger partial charge is 0.465 e. The van der Waals surface area contributed by atoms with Gasteiger partial charge in [0.2, 0.25) is 6.86 Å². The number of esters is 1. The van der Waals surface area contributed by atoms with Crippen molar-refractivity contribution in [3.8, 4) is 5.75 Å². The second kappa shape index (κ2) is 4.45. The molecule has 1 aromatic rings. The first kappa shape index (κ1) is 10.3. The van der Waals surface area contributed by atoms with Crippen molar-refractivity contribution in [2.24, 2.45) is 0 Å². The Morgan fingerprint density at radius 3 is 2.86 bits per heavy atom. The minimum Gasteiger partial charge on any atom is -0.465 e. The number of carbonyl (C=O) groups excluding carboxylic acids is 1. The molecule has 1 rings (SSSR count). The topological polar surface area (TPSA) is 61.5 Å². The zero-order chi connectivity index (χ0) is 10.6. The van der Waals surface area contributed by atoms with E-state index in [0.717, 1.165) is 0 Å². The zero-order valence-corrected chi connectivity index (χ0v) is 7.62. The summed E-state index contributed by atoms with van der Waals surface area (Å²) in [4.78, 5) is 11.2. The number of methoxy groups -OCH3 is 1. The zero-order valence-electron chi connectivity index (χ0n) is 7.62. The smallest absolute Gasteiger partial charge is 0.341 e. The highest BCUT2D eigenvalue weighted by Crippen LogP contribution is 2.22. The van der Waals surface area contributed by atoms with E-state index in [1.54, 1.807) is 0 Å². The predicted octanol–water partition coefficient (Wildman–Crippen LogP) is 1.36. The maximum Gasteiger partial charge on any atom is 0.341 e. The fourth-order valence-corrected chi connectivity index (χ4v) is 1.00. The van der Waals surface area contributed by atoms with Gasteiger partial charge in [-0.1, -0.05) is 0 Å². The average molecular weight is 199 g/mol. The molecule has 0 fully saturated rings. The Hall–Kier alpha value is -1.78. The second-order valence-electron chi connectivity index (χ2n) is 2.50. The summed E-state index contributed by atoms with van der Waals surface area (Å²) in [7, 11) is 1.23. The second-order valence-corrected chi connectivity index (χ2v) is 2.50. The van der Waals surface area contributed by atoms with E-state index >= 15 is 0 Å². The van der Waals surface area contributed by atoms with E-state index in [9.17, 15) is 9.18 Å². The molecule has 76 valence electrons. The van der Waals surface area contributed by atoms with Crippen molar-refractivity contribution in [3.63, 3.8) is 0 Å². The van der Waals surface area contributed by atoms with Gasteiger partial charge in [-0.25, -0.2) is 9.18 Å². The molecule has 0 aromatic heterocycles. The highest BCUT2D eigenvalue weighted by Gasteiger charge is 2.13. The molecule has 0 saturated carbocycles. The minimum atomic E-state index is -1.01. The third kappa shape index (κ3) is 2.12. The molecule has 0 amide bonds. The molecule has 14 heavy (non-hydrogen) atoms. The first-order valence-electron chi connectivity index (χ1n) is 3.85. The lowest BCUT2D eigenvalue weighted by atomic mass is 10.2. The molecule has 0 saturated heterocycles. The monoisotopic (exact) mass is 199 g/mol. The maximum absolute atomic E-state index is 11.9. The van der Waals surface area contributed by atoms with E-state index < -0.39 is 12.8 Å². The molecule has 0 atom stereocenters. The number of halogens is 1. The SMILES string of the molecule is COC(=O)c1cc(N)ccc1OCF. The van der Waals surface area contributed by atoms with Gasteiger partial charge >= 0.3 is 5.97 Å². The molecular formula is C9H10FNO3. The van der Waals surface area contributed by atoms with Gasteiger partial charge in [0.1, 0.15) is 11.3 Å². The summed E-state index contributed by atoms with van der Waals surface area (Å²) < 4.78 is 21.0. The van der Waals surface area contributed by atoms with Crippen LogP contribution in [0.25, 0.3) is 0 Å². The number of ether oxygens (including phenoxy) is 2. The lowest BCUT2D eigenvalue weighted by molar-refractivity contribution is 0.0593. The first-order chi connectivity index (χ1) is 6.69. The number of rotatable bonds is 3.